The van der Waals surface area contributed by atoms with Crippen LogP contribution in [0.4, 0.5) is 0 Å². The van der Waals surface area contributed by atoms with E-state index in [9.17, 15) is 4.79 Å². The number of amides is 1. The average Bonchev–Trinajstić information content (AvgIpc) is 3.30. The molecular weight excluding hydrogens is 298 g/mol. The monoisotopic (exact) mass is 317 g/mol. The van der Waals surface area contributed by atoms with E-state index in [0.29, 0.717) is 0 Å². The highest BCUT2D eigenvalue weighted by Gasteiger charge is 2.18. The van der Waals surface area contributed by atoms with Gasteiger partial charge in [0.25, 0.3) is 5.91 Å². The van der Waals surface area contributed by atoms with Crippen molar-refractivity contribution < 1.29 is 4.79 Å². The normalized spacial score (nSPS) is 14.8. The predicted molar refractivity (Wildman–Crippen MR) is 96.6 cm³/mol. The molecule has 4 heteroatoms. The lowest BCUT2D eigenvalue weighted by Gasteiger charge is -2.15. The summed E-state index contributed by atoms with van der Waals surface area (Å²) in [5, 5.41) is 8.47. The Kier molecular flexibility index (Phi) is 3.87. The van der Waals surface area contributed by atoms with Crippen LogP contribution in [0.2, 0.25) is 0 Å². The second kappa shape index (κ2) is 6.32. The maximum atomic E-state index is 12.3. The Morgan fingerprint density at radius 1 is 1.00 bits per heavy atom. The zero-order chi connectivity index (χ0) is 16.4. The Balaban J connectivity index is 1.51. The van der Waals surface area contributed by atoms with Crippen LogP contribution in [0.15, 0.2) is 48.5 Å². The average molecular weight is 317 g/mol. The van der Waals surface area contributed by atoms with E-state index in [-0.39, 0.29) is 5.91 Å². The molecule has 0 unspecified atom stereocenters. The summed E-state index contributed by atoms with van der Waals surface area (Å²) in [4.78, 5) is 14.3. The summed E-state index contributed by atoms with van der Waals surface area (Å²) in [5.41, 5.74) is 3.77. The number of nitrogens with one attached hydrogen (secondary N) is 1. The van der Waals surface area contributed by atoms with E-state index in [0.717, 1.165) is 53.7 Å². The molecule has 0 saturated carbocycles. The maximum Gasteiger partial charge on any atom is 0.253 e. The van der Waals surface area contributed by atoms with E-state index in [1.165, 1.54) is 0 Å². The standard InChI is InChI=1S/C20H19N3O/c24-20(23-13-3-4-14-23)16-10-7-15(8-11-16)9-12-19-17-5-1-2-6-18(17)21-22-19/h1-2,5-12H,3-4,13-14H2,(H,21,22). The number of aromatic nitrogens is 2. The van der Waals surface area contributed by atoms with Gasteiger partial charge < -0.3 is 4.90 Å². The van der Waals surface area contributed by atoms with Gasteiger partial charge in [-0.3, -0.25) is 9.89 Å². The van der Waals surface area contributed by atoms with Crippen LogP contribution < -0.4 is 0 Å². The Hall–Kier alpha value is -2.88. The zero-order valence-electron chi connectivity index (χ0n) is 13.4. The second-order valence-corrected chi connectivity index (χ2v) is 6.11. The smallest absolute Gasteiger partial charge is 0.253 e. The van der Waals surface area contributed by atoms with Crippen LogP contribution in [0.3, 0.4) is 0 Å². The number of nitrogens with zero attached hydrogens (tertiary/aromatic N) is 2. The molecule has 4 rings (SSSR count). The molecule has 1 aromatic heterocycles. The molecule has 1 amide bonds. The van der Waals surface area contributed by atoms with Crippen LogP contribution in [0.25, 0.3) is 23.1 Å². The number of carbonyl (C=O) groups excluding carboxylic acids is 1. The van der Waals surface area contributed by atoms with Gasteiger partial charge in [-0.2, -0.15) is 5.10 Å². The third-order valence-corrected chi connectivity index (χ3v) is 4.48. The number of likely N-dealkylation sites (tertiary alicyclic amines) is 1. The van der Waals surface area contributed by atoms with Crippen molar-refractivity contribution in [3.63, 3.8) is 0 Å². The fourth-order valence-corrected chi connectivity index (χ4v) is 3.13. The molecule has 0 bridgehead atoms. The minimum Gasteiger partial charge on any atom is -0.339 e. The van der Waals surface area contributed by atoms with Crippen molar-refractivity contribution in [1.82, 2.24) is 15.1 Å². The van der Waals surface area contributed by atoms with Gasteiger partial charge in [-0.15, -0.1) is 0 Å². The van der Waals surface area contributed by atoms with Crippen LogP contribution >= 0.6 is 0 Å². The van der Waals surface area contributed by atoms with E-state index in [4.69, 9.17) is 0 Å². The molecule has 4 nitrogen and oxygen atoms in total. The Morgan fingerprint density at radius 3 is 2.54 bits per heavy atom. The lowest BCUT2D eigenvalue weighted by atomic mass is 10.1. The Labute approximate surface area is 140 Å². The summed E-state index contributed by atoms with van der Waals surface area (Å²) in [7, 11) is 0. The van der Waals surface area contributed by atoms with E-state index in [2.05, 4.69) is 16.3 Å². The fraction of sp³-hybridized carbons (Fsp3) is 0.200. The summed E-state index contributed by atoms with van der Waals surface area (Å²) in [5.74, 6) is 0.140. The first-order valence-electron chi connectivity index (χ1n) is 8.32. The van der Waals surface area contributed by atoms with Gasteiger partial charge in [0.05, 0.1) is 11.2 Å². The molecule has 0 spiro atoms. The van der Waals surface area contributed by atoms with Crippen molar-refractivity contribution in [2.75, 3.05) is 13.1 Å². The molecule has 24 heavy (non-hydrogen) atoms. The first-order valence-corrected chi connectivity index (χ1v) is 8.32. The molecule has 1 saturated heterocycles. The highest BCUT2D eigenvalue weighted by atomic mass is 16.2. The van der Waals surface area contributed by atoms with Crippen LogP contribution in [-0.2, 0) is 0 Å². The minimum atomic E-state index is 0.140. The SMILES string of the molecule is O=C(c1ccc(C=Cc2n[nH]c3ccccc23)cc1)N1CCCC1. The zero-order valence-corrected chi connectivity index (χ0v) is 13.4. The second-order valence-electron chi connectivity index (χ2n) is 6.11. The molecule has 1 fully saturated rings. The molecule has 0 atom stereocenters. The van der Waals surface area contributed by atoms with Gasteiger partial charge in [0.2, 0.25) is 0 Å². The topological polar surface area (TPSA) is 49.0 Å². The first-order chi connectivity index (χ1) is 11.8. The number of H-pyrrole nitrogens is 1. The molecular formula is C20H19N3O. The quantitative estimate of drug-likeness (QED) is 0.794. The third-order valence-electron chi connectivity index (χ3n) is 4.48. The molecule has 2 aromatic carbocycles. The lowest BCUT2D eigenvalue weighted by molar-refractivity contribution is 0.0793. The first kappa shape index (κ1) is 14.7. The highest BCUT2D eigenvalue weighted by molar-refractivity contribution is 5.95. The van der Waals surface area contributed by atoms with Gasteiger partial charge >= 0.3 is 0 Å². The van der Waals surface area contributed by atoms with Gasteiger partial charge in [0.15, 0.2) is 0 Å². The molecule has 1 aliphatic heterocycles. The largest absolute Gasteiger partial charge is 0.339 e. The summed E-state index contributed by atoms with van der Waals surface area (Å²) in [6.07, 6.45) is 6.25. The van der Waals surface area contributed by atoms with Crippen LogP contribution in [0.5, 0.6) is 0 Å². The van der Waals surface area contributed by atoms with E-state index in [1.54, 1.807) is 0 Å². The molecule has 3 aromatic rings. The molecule has 1 N–H and O–H groups in total. The number of aromatic amines is 1. The van der Waals surface area contributed by atoms with Gasteiger partial charge in [-0.25, -0.2) is 0 Å². The number of fused-ring (bicyclic) bond motifs is 1. The van der Waals surface area contributed by atoms with Gasteiger partial charge in [0, 0.05) is 24.0 Å². The maximum absolute atomic E-state index is 12.3. The third kappa shape index (κ3) is 2.83. The van der Waals surface area contributed by atoms with Crippen LogP contribution in [-0.4, -0.2) is 34.1 Å². The van der Waals surface area contributed by atoms with Crippen molar-refractivity contribution in [1.29, 1.82) is 0 Å². The summed E-state index contributed by atoms with van der Waals surface area (Å²) in [6, 6.07) is 15.8. The molecule has 0 radical (unpaired) electrons. The fourth-order valence-electron chi connectivity index (χ4n) is 3.13. The molecule has 2 heterocycles. The van der Waals surface area contributed by atoms with Crippen molar-refractivity contribution in [2.45, 2.75) is 12.8 Å². The number of benzene rings is 2. The van der Waals surface area contributed by atoms with Gasteiger partial charge in [-0.05, 0) is 42.7 Å². The van der Waals surface area contributed by atoms with Crippen molar-refractivity contribution in [3.05, 3.63) is 65.4 Å². The highest BCUT2D eigenvalue weighted by Crippen LogP contribution is 2.18. The van der Waals surface area contributed by atoms with Crippen LogP contribution in [0, 0.1) is 0 Å². The number of rotatable bonds is 3. The van der Waals surface area contributed by atoms with E-state index < -0.39 is 0 Å². The summed E-state index contributed by atoms with van der Waals surface area (Å²) < 4.78 is 0. The summed E-state index contributed by atoms with van der Waals surface area (Å²) in [6.45, 7) is 1.76. The van der Waals surface area contributed by atoms with Gasteiger partial charge in [0.1, 0.15) is 0 Å². The number of hydrogen-bond donors (Lipinski definition) is 1. The molecule has 1 aliphatic rings. The number of para-hydroxylation sites is 1. The van der Waals surface area contributed by atoms with Gasteiger partial charge in [-0.1, -0.05) is 36.4 Å². The molecule has 120 valence electrons. The van der Waals surface area contributed by atoms with Crippen molar-refractivity contribution in [3.8, 4) is 0 Å². The minimum absolute atomic E-state index is 0.140. The predicted octanol–water partition coefficient (Wildman–Crippen LogP) is 3.97. The number of carbonyl (C=O) groups is 1. The Morgan fingerprint density at radius 2 is 1.75 bits per heavy atom. The Bertz CT molecular complexity index is 887. The molecule has 0 aliphatic carbocycles. The van der Waals surface area contributed by atoms with E-state index >= 15 is 0 Å². The number of hydrogen-bond acceptors (Lipinski definition) is 2. The summed E-state index contributed by atoms with van der Waals surface area (Å²) >= 11 is 0. The van der Waals surface area contributed by atoms with Crippen LogP contribution in [0.1, 0.15) is 34.5 Å². The lowest BCUT2D eigenvalue weighted by Crippen LogP contribution is -2.27. The van der Waals surface area contributed by atoms with Crippen molar-refractivity contribution >= 4 is 29.0 Å². The van der Waals surface area contributed by atoms with Crippen molar-refractivity contribution in [2.24, 2.45) is 0 Å². The van der Waals surface area contributed by atoms with E-state index in [1.807, 2.05) is 59.5 Å².